The van der Waals surface area contributed by atoms with E-state index in [-0.39, 0.29) is 5.92 Å². The summed E-state index contributed by atoms with van der Waals surface area (Å²) < 4.78 is 11.4. The van der Waals surface area contributed by atoms with Gasteiger partial charge in [0.05, 0.1) is 7.11 Å². The number of rotatable bonds is 3. The van der Waals surface area contributed by atoms with Gasteiger partial charge in [-0.05, 0) is 24.1 Å². The molecule has 0 aliphatic carbocycles. The predicted molar refractivity (Wildman–Crippen MR) is 74.7 cm³/mol. The monoisotopic (exact) mass is 310 g/mol. The van der Waals surface area contributed by atoms with E-state index >= 15 is 0 Å². The molecular formula is C13H15BrN2O2. The van der Waals surface area contributed by atoms with Gasteiger partial charge in [-0.1, -0.05) is 34.9 Å². The zero-order valence-electron chi connectivity index (χ0n) is 10.5. The molecule has 1 heterocycles. The Morgan fingerprint density at radius 3 is 2.72 bits per heavy atom. The molecule has 0 bridgehead atoms. The standard InChI is InChI=1S/C13H15BrN2O2/c1-7(2)11-12(16-18-13(11)15)9-5-4-8(14)6-10(9)17-3/h4-7H,15H2,1-3H3. The van der Waals surface area contributed by atoms with Gasteiger partial charge in [0.2, 0.25) is 5.88 Å². The summed E-state index contributed by atoms with van der Waals surface area (Å²) in [6, 6.07) is 5.77. The average Bonchev–Trinajstić information content (AvgIpc) is 2.70. The summed E-state index contributed by atoms with van der Waals surface area (Å²) in [6.07, 6.45) is 0. The second kappa shape index (κ2) is 5.02. The van der Waals surface area contributed by atoms with E-state index in [2.05, 4.69) is 34.9 Å². The third-order valence-corrected chi connectivity index (χ3v) is 3.25. The van der Waals surface area contributed by atoms with Crippen molar-refractivity contribution in [3.63, 3.8) is 0 Å². The van der Waals surface area contributed by atoms with E-state index in [9.17, 15) is 0 Å². The van der Waals surface area contributed by atoms with Crippen LogP contribution in [0, 0.1) is 0 Å². The SMILES string of the molecule is COc1cc(Br)ccc1-c1noc(N)c1C(C)C. The molecule has 0 aliphatic rings. The Labute approximate surface area is 114 Å². The number of benzene rings is 1. The molecule has 2 aromatic rings. The molecule has 0 aliphatic heterocycles. The minimum absolute atomic E-state index is 0.236. The minimum atomic E-state index is 0.236. The van der Waals surface area contributed by atoms with Crippen LogP contribution in [-0.2, 0) is 0 Å². The highest BCUT2D eigenvalue weighted by Gasteiger charge is 2.20. The molecule has 2 N–H and O–H groups in total. The van der Waals surface area contributed by atoms with E-state index in [0.29, 0.717) is 5.88 Å². The molecule has 0 fully saturated rings. The van der Waals surface area contributed by atoms with Crippen molar-refractivity contribution in [2.45, 2.75) is 19.8 Å². The predicted octanol–water partition coefficient (Wildman–Crippen LogP) is 3.82. The van der Waals surface area contributed by atoms with Crippen molar-refractivity contribution in [1.82, 2.24) is 5.16 Å². The van der Waals surface area contributed by atoms with Gasteiger partial charge in [0, 0.05) is 15.6 Å². The van der Waals surface area contributed by atoms with E-state index in [0.717, 1.165) is 27.0 Å². The largest absolute Gasteiger partial charge is 0.496 e. The highest BCUT2D eigenvalue weighted by molar-refractivity contribution is 9.10. The van der Waals surface area contributed by atoms with Gasteiger partial charge in [0.15, 0.2) is 0 Å². The molecule has 0 saturated heterocycles. The van der Waals surface area contributed by atoms with E-state index in [1.165, 1.54) is 0 Å². The van der Waals surface area contributed by atoms with Crippen molar-refractivity contribution in [2.24, 2.45) is 0 Å². The third-order valence-electron chi connectivity index (χ3n) is 2.75. The van der Waals surface area contributed by atoms with Crippen LogP contribution in [0.15, 0.2) is 27.2 Å². The first-order valence-corrected chi connectivity index (χ1v) is 6.42. The lowest BCUT2D eigenvalue weighted by Crippen LogP contribution is -1.96. The fraction of sp³-hybridized carbons (Fsp3) is 0.308. The number of nitrogens with zero attached hydrogens (tertiary/aromatic N) is 1. The number of nitrogen functional groups attached to an aromatic ring is 1. The number of nitrogens with two attached hydrogens (primary N) is 1. The van der Waals surface area contributed by atoms with E-state index in [1.54, 1.807) is 7.11 Å². The lowest BCUT2D eigenvalue weighted by molar-refractivity contribution is 0.413. The maximum Gasteiger partial charge on any atom is 0.226 e. The summed E-state index contributed by atoms with van der Waals surface area (Å²) >= 11 is 3.41. The zero-order chi connectivity index (χ0) is 13.3. The molecule has 18 heavy (non-hydrogen) atoms. The number of ether oxygens (including phenoxy) is 1. The van der Waals surface area contributed by atoms with Gasteiger partial charge in [-0.3, -0.25) is 0 Å². The number of anilines is 1. The van der Waals surface area contributed by atoms with Gasteiger partial charge in [-0.25, -0.2) is 0 Å². The molecular weight excluding hydrogens is 296 g/mol. The Balaban J connectivity index is 2.62. The fourth-order valence-corrected chi connectivity index (χ4v) is 2.26. The first-order chi connectivity index (χ1) is 8.54. The molecule has 5 heteroatoms. The van der Waals surface area contributed by atoms with E-state index in [4.69, 9.17) is 15.0 Å². The smallest absolute Gasteiger partial charge is 0.226 e. The lowest BCUT2D eigenvalue weighted by atomic mass is 9.98. The summed E-state index contributed by atoms with van der Waals surface area (Å²) in [5.74, 6) is 1.34. The van der Waals surface area contributed by atoms with Crippen LogP contribution in [0.3, 0.4) is 0 Å². The quantitative estimate of drug-likeness (QED) is 0.936. The van der Waals surface area contributed by atoms with Crippen LogP contribution in [0.1, 0.15) is 25.3 Å². The molecule has 1 aromatic heterocycles. The van der Waals surface area contributed by atoms with Crippen LogP contribution in [0.5, 0.6) is 5.75 Å². The summed E-state index contributed by atoms with van der Waals surface area (Å²) in [5, 5.41) is 4.05. The summed E-state index contributed by atoms with van der Waals surface area (Å²) in [4.78, 5) is 0. The van der Waals surface area contributed by atoms with Crippen molar-refractivity contribution in [1.29, 1.82) is 0 Å². The minimum Gasteiger partial charge on any atom is -0.496 e. The number of halogens is 1. The third kappa shape index (κ3) is 2.22. The van der Waals surface area contributed by atoms with Gasteiger partial charge in [0.1, 0.15) is 11.4 Å². The normalized spacial score (nSPS) is 10.9. The number of methoxy groups -OCH3 is 1. The van der Waals surface area contributed by atoms with Crippen molar-refractivity contribution >= 4 is 21.8 Å². The Morgan fingerprint density at radius 1 is 1.39 bits per heavy atom. The van der Waals surface area contributed by atoms with Crippen molar-refractivity contribution in [3.8, 4) is 17.0 Å². The first kappa shape index (κ1) is 13.0. The second-order valence-electron chi connectivity index (χ2n) is 4.31. The lowest BCUT2D eigenvalue weighted by Gasteiger charge is -2.09. The topological polar surface area (TPSA) is 61.3 Å². The molecule has 2 rings (SSSR count). The van der Waals surface area contributed by atoms with Gasteiger partial charge in [0.25, 0.3) is 0 Å². The van der Waals surface area contributed by atoms with Crippen LogP contribution < -0.4 is 10.5 Å². The van der Waals surface area contributed by atoms with Gasteiger partial charge < -0.3 is 15.0 Å². The summed E-state index contributed by atoms with van der Waals surface area (Å²) in [7, 11) is 1.63. The molecule has 1 aromatic carbocycles. The second-order valence-corrected chi connectivity index (χ2v) is 5.22. The highest BCUT2D eigenvalue weighted by Crippen LogP contribution is 2.38. The maximum absolute atomic E-state index is 5.82. The van der Waals surface area contributed by atoms with Gasteiger partial charge in [-0.2, -0.15) is 0 Å². The summed E-state index contributed by atoms with van der Waals surface area (Å²) in [5.41, 5.74) is 8.36. The Bertz CT molecular complexity index is 564. The zero-order valence-corrected chi connectivity index (χ0v) is 12.1. The molecule has 0 radical (unpaired) electrons. The average molecular weight is 311 g/mol. The van der Waals surface area contributed by atoms with E-state index in [1.807, 2.05) is 18.2 Å². The van der Waals surface area contributed by atoms with Crippen LogP contribution in [-0.4, -0.2) is 12.3 Å². The molecule has 0 amide bonds. The van der Waals surface area contributed by atoms with Crippen molar-refractivity contribution < 1.29 is 9.26 Å². The first-order valence-electron chi connectivity index (χ1n) is 5.63. The molecule has 0 spiro atoms. The molecule has 4 nitrogen and oxygen atoms in total. The number of hydrogen-bond acceptors (Lipinski definition) is 4. The van der Waals surface area contributed by atoms with Crippen molar-refractivity contribution in [2.75, 3.05) is 12.8 Å². The van der Waals surface area contributed by atoms with E-state index < -0.39 is 0 Å². The number of aromatic nitrogens is 1. The van der Waals surface area contributed by atoms with Crippen LogP contribution in [0.4, 0.5) is 5.88 Å². The van der Waals surface area contributed by atoms with Crippen molar-refractivity contribution in [3.05, 3.63) is 28.2 Å². The Hall–Kier alpha value is -1.49. The molecule has 0 saturated carbocycles. The van der Waals surface area contributed by atoms with Gasteiger partial charge in [-0.15, -0.1) is 0 Å². The molecule has 0 atom stereocenters. The molecule has 96 valence electrons. The van der Waals surface area contributed by atoms with Crippen LogP contribution in [0.25, 0.3) is 11.3 Å². The molecule has 0 unspecified atom stereocenters. The Morgan fingerprint density at radius 2 is 2.11 bits per heavy atom. The highest BCUT2D eigenvalue weighted by atomic mass is 79.9. The van der Waals surface area contributed by atoms with Crippen LogP contribution in [0.2, 0.25) is 0 Å². The summed E-state index contributed by atoms with van der Waals surface area (Å²) in [6.45, 7) is 4.11. The number of hydrogen-bond donors (Lipinski definition) is 1. The van der Waals surface area contributed by atoms with Gasteiger partial charge >= 0.3 is 0 Å². The van der Waals surface area contributed by atoms with Crippen LogP contribution >= 0.6 is 15.9 Å². The fourth-order valence-electron chi connectivity index (χ4n) is 1.92. The Kier molecular flexibility index (Phi) is 3.61. The maximum atomic E-state index is 5.82.